The van der Waals surface area contributed by atoms with Crippen molar-refractivity contribution in [3.05, 3.63) is 29.6 Å². The standard InChI is InChI=1S/C9H10N2O3/c1-2-10-8(12)7-4-3-6(5-11-7)9(13)14/h3-5H,2H2,1H3,(H,10,12)(H,13,14). The number of nitrogens with one attached hydrogen (secondary N) is 1. The van der Waals surface area contributed by atoms with Crippen molar-refractivity contribution < 1.29 is 14.7 Å². The number of carboxylic acid groups (broad SMARTS) is 1. The van der Waals surface area contributed by atoms with Crippen LogP contribution in [0.4, 0.5) is 0 Å². The Hall–Kier alpha value is -1.91. The minimum absolute atomic E-state index is 0.0676. The average molecular weight is 194 g/mol. The molecule has 1 amide bonds. The van der Waals surface area contributed by atoms with Crippen molar-refractivity contribution in [1.29, 1.82) is 0 Å². The monoisotopic (exact) mass is 194 g/mol. The summed E-state index contributed by atoms with van der Waals surface area (Å²) in [6.45, 7) is 2.31. The lowest BCUT2D eigenvalue weighted by Crippen LogP contribution is -2.23. The summed E-state index contributed by atoms with van der Waals surface area (Å²) in [6, 6.07) is 2.73. The summed E-state index contributed by atoms with van der Waals surface area (Å²) >= 11 is 0. The van der Waals surface area contributed by atoms with Crippen molar-refractivity contribution in [2.45, 2.75) is 6.92 Å². The number of carbonyl (C=O) groups is 2. The maximum absolute atomic E-state index is 11.2. The third kappa shape index (κ3) is 2.29. The lowest BCUT2D eigenvalue weighted by Gasteiger charge is -2.00. The van der Waals surface area contributed by atoms with Crippen LogP contribution >= 0.6 is 0 Å². The summed E-state index contributed by atoms with van der Waals surface area (Å²) in [6.07, 6.45) is 1.16. The molecule has 0 radical (unpaired) electrons. The van der Waals surface area contributed by atoms with Crippen molar-refractivity contribution in [2.24, 2.45) is 0 Å². The minimum atomic E-state index is -1.06. The van der Waals surface area contributed by atoms with Crippen LogP contribution in [0, 0.1) is 0 Å². The first-order valence-corrected chi connectivity index (χ1v) is 4.12. The van der Waals surface area contributed by atoms with E-state index in [1.807, 2.05) is 0 Å². The highest BCUT2D eigenvalue weighted by atomic mass is 16.4. The fourth-order valence-corrected chi connectivity index (χ4v) is 0.906. The van der Waals surface area contributed by atoms with Gasteiger partial charge in [0.25, 0.3) is 5.91 Å². The van der Waals surface area contributed by atoms with Crippen LogP contribution in [-0.4, -0.2) is 28.5 Å². The third-order valence-corrected chi connectivity index (χ3v) is 1.58. The molecule has 0 fully saturated rings. The summed E-state index contributed by atoms with van der Waals surface area (Å²) in [5.74, 6) is -1.36. The predicted molar refractivity (Wildman–Crippen MR) is 49.2 cm³/mol. The molecular formula is C9H10N2O3. The van der Waals surface area contributed by atoms with E-state index in [2.05, 4.69) is 10.3 Å². The molecule has 14 heavy (non-hydrogen) atoms. The van der Waals surface area contributed by atoms with E-state index in [9.17, 15) is 9.59 Å². The molecule has 1 rings (SSSR count). The first-order valence-electron chi connectivity index (χ1n) is 4.12. The van der Waals surface area contributed by atoms with Gasteiger partial charge in [-0.25, -0.2) is 4.79 Å². The second-order valence-electron chi connectivity index (χ2n) is 2.60. The van der Waals surface area contributed by atoms with Gasteiger partial charge in [0.1, 0.15) is 5.69 Å². The topological polar surface area (TPSA) is 79.3 Å². The van der Waals surface area contributed by atoms with Gasteiger partial charge in [-0.3, -0.25) is 9.78 Å². The highest BCUT2D eigenvalue weighted by molar-refractivity contribution is 5.93. The summed E-state index contributed by atoms with van der Waals surface area (Å²) < 4.78 is 0. The number of amides is 1. The largest absolute Gasteiger partial charge is 0.478 e. The molecule has 0 aliphatic heterocycles. The number of rotatable bonds is 3. The Morgan fingerprint density at radius 3 is 2.64 bits per heavy atom. The molecule has 0 aromatic carbocycles. The summed E-state index contributed by atoms with van der Waals surface area (Å²) in [4.78, 5) is 25.4. The van der Waals surface area contributed by atoms with E-state index in [1.165, 1.54) is 12.1 Å². The average Bonchev–Trinajstić information content (AvgIpc) is 2.18. The van der Waals surface area contributed by atoms with Crippen LogP contribution in [0.1, 0.15) is 27.8 Å². The van der Waals surface area contributed by atoms with Gasteiger partial charge in [-0.15, -0.1) is 0 Å². The fraction of sp³-hybridized carbons (Fsp3) is 0.222. The van der Waals surface area contributed by atoms with Crippen molar-refractivity contribution in [1.82, 2.24) is 10.3 Å². The van der Waals surface area contributed by atoms with Gasteiger partial charge in [-0.2, -0.15) is 0 Å². The Balaban J connectivity index is 2.83. The van der Waals surface area contributed by atoms with Crippen LogP contribution in [0.5, 0.6) is 0 Å². The molecule has 0 spiro atoms. The molecule has 5 heteroatoms. The van der Waals surface area contributed by atoms with E-state index in [0.717, 1.165) is 6.20 Å². The normalized spacial score (nSPS) is 9.50. The minimum Gasteiger partial charge on any atom is -0.478 e. The molecule has 2 N–H and O–H groups in total. The van der Waals surface area contributed by atoms with Crippen LogP contribution in [0.2, 0.25) is 0 Å². The molecule has 5 nitrogen and oxygen atoms in total. The number of aromatic nitrogens is 1. The molecule has 1 aromatic rings. The molecule has 0 saturated carbocycles. The molecule has 0 saturated heterocycles. The van der Waals surface area contributed by atoms with E-state index in [4.69, 9.17) is 5.11 Å². The van der Waals surface area contributed by atoms with Gasteiger partial charge in [-0.1, -0.05) is 0 Å². The van der Waals surface area contributed by atoms with E-state index in [-0.39, 0.29) is 17.2 Å². The second-order valence-corrected chi connectivity index (χ2v) is 2.60. The molecule has 0 aliphatic rings. The first kappa shape index (κ1) is 10.2. The Morgan fingerprint density at radius 2 is 2.21 bits per heavy atom. The van der Waals surface area contributed by atoms with E-state index >= 15 is 0 Å². The van der Waals surface area contributed by atoms with Gasteiger partial charge in [0.2, 0.25) is 0 Å². The summed E-state index contributed by atoms with van der Waals surface area (Å²) in [7, 11) is 0. The van der Waals surface area contributed by atoms with Gasteiger partial charge in [0, 0.05) is 12.7 Å². The molecule has 0 bridgehead atoms. The molecule has 0 unspecified atom stereocenters. The Bertz CT molecular complexity index is 346. The number of hydrogen-bond donors (Lipinski definition) is 2. The SMILES string of the molecule is CCNC(=O)c1ccc(C(=O)O)cn1. The van der Waals surface area contributed by atoms with Crippen molar-refractivity contribution in [3.63, 3.8) is 0 Å². The lowest BCUT2D eigenvalue weighted by molar-refractivity contribution is 0.0695. The van der Waals surface area contributed by atoms with Crippen LogP contribution in [0.3, 0.4) is 0 Å². The van der Waals surface area contributed by atoms with Crippen molar-refractivity contribution in [3.8, 4) is 0 Å². The zero-order valence-corrected chi connectivity index (χ0v) is 7.65. The molecular weight excluding hydrogens is 184 g/mol. The van der Waals surface area contributed by atoms with Gasteiger partial charge < -0.3 is 10.4 Å². The number of carbonyl (C=O) groups excluding carboxylic acids is 1. The van der Waals surface area contributed by atoms with Gasteiger partial charge >= 0.3 is 5.97 Å². The van der Waals surface area contributed by atoms with Crippen LogP contribution < -0.4 is 5.32 Å². The fourth-order valence-electron chi connectivity index (χ4n) is 0.906. The summed E-state index contributed by atoms with van der Waals surface area (Å²) in [5, 5.41) is 11.1. The van der Waals surface area contributed by atoms with E-state index < -0.39 is 5.97 Å². The third-order valence-electron chi connectivity index (χ3n) is 1.58. The quantitative estimate of drug-likeness (QED) is 0.735. The Labute approximate surface area is 80.8 Å². The number of aromatic carboxylic acids is 1. The van der Waals surface area contributed by atoms with Crippen molar-refractivity contribution >= 4 is 11.9 Å². The number of pyridine rings is 1. The molecule has 1 aromatic heterocycles. The molecule has 74 valence electrons. The highest BCUT2D eigenvalue weighted by Gasteiger charge is 2.07. The molecule has 0 aliphatic carbocycles. The van der Waals surface area contributed by atoms with Gasteiger partial charge in [-0.05, 0) is 19.1 Å². The van der Waals surface area contributed by atoms with Crippen LogP contribution in [-0.2, 0) is 0 Å². The highest BCUT2D eigenvalue weighted by Crippen LogP contribution is 1.99. The summed E-state index contributed by atoms with van der Waals surface area (Å²) in [5.41, 5.74) is 0.287. The molecule has 0 atom stereocenters. The number of hydrogen-bond acceptors (Lipinski definition) is 3. The lowest BCUT2D eigenvalue weighted by atomic mass is 10.2. The zero-order valence-electron chi connectivity index (χ0n) is 7.65. The van der Waals surface area contributed by atoms with E-state index in [1.54, 1.807) is 6.92 Å². The van der Waals surface area contributed by atoms with Gasteiger partial charge in [0.15, 0.2) is 0 Å². The van der Waals surface area contributed by atoms with Gasteiger partial charge in [0.05, 0.1) is 5.56 Å². The Kier molecular flexibility index (Phi) is 3.17. The predicted octanol–water partition coefficient (Wildman–Crippen LogP) is 0.530. The second kappa shape index (κ2) is 4.36. The van der Waals surface area contributed by atoms with Crippen LogP contribution in [0.25, 0.3) is 0 Å². The number of carboxylic acids is 1. The van der Waals surface area contributed by atoms with Crippen molar-refractivity contribution in [2.75, 3.05) is 6.54 Å². The molecule has 1 heterocycles. The maximum Gasteiger partial charge on any atom is 0.337 e. The zero-order chi connectivity index (χ0) is 10.6. The van der Waals surface area contributed by atoms with Crippen LogP contribution in [0.15, 0.2) is 18.3 Å². The first-order chi connectivity index (χ1) is 6.65. The number of nitrogens with zero attached hydrogens (tertiary/aromatic N) is 1. The Morgan fingerprint density at radius 1 is 1.50 bits per heavy atom. The maximum atomic E-state index is 11.2. The van der Waals surface area contributed by atoms with E-state index in [0.29, 0.717) is 6.54 Å². The smallest absolute Gasteiger partial charge is 0.337 e.